The largest absolute Gasteiger partial charge is 0.496 e. The molecular formula is C20H21BrN2O2S. The van der Waals surface area contributed by atoms with E-state index in [4.69, 9.17) is 14.5 Å². The van der Waals surface area contributed by atoms with Gasteiger partial charge in [0.05, 0.1) is 25.5 Å². The van der Waals surface area contributed by atoms with Crippen LogP contribution in [0.3, 0.4) is 0 Å². The second-order valence-electron chi connectivity index (χ2n) is 5.97. The number of nitrogens with zero attached hydrogens (tertiary/aromatic N) is 2. The number of hydrogen-bond donors (Lipinski definition) is 0. The van der Waals surface area contributed by atoms with Crippen molar-refractivity contribution in [3.05, 3.63) is 63.6 Å². The summed E-state index contributed by atoms with van der Waals surface area (Å²) in [4.78, 5) is 7.03. The summed E-state index contributed by atoms with van der Waals surface area (Å²) in [5.41, 5.74) is 3.22. The van der Waals surface area contributed by atoms with Crippen LogP contribution in [-0.2, 0) is 13.1 Å². The minimum absolute atomic E-state index is 0.769. The van der Waals surface area contributed by atoms with Crippen LogP contribution < -0.4 is 9.47 Å². The molecule has 0 aliphatic rings. The van der Waals surface area contributed by atoms with Crippen molar-refractivity contribution in [2.45, 2.75) is 13.1 Å². The van der Waals surface area contributed by atoms with Gasteiger partial charge in [-0.05, 0) is 31.3 Å². The molecule has 1 aromatic heterocycles. The van der Waals surface area contributed by atoms with Crippen LogP contribution in [0.4, 0.5) is 0 Å². The fourth-order valence-electron chi connectivity index (χ4n) is 2.81. The molecular weight excluding hydrogens is 412 g/mol. The van der Waals surface area contributed by atoms with Crippen molar-refractivity contribution < 1.29 is 9.47 Å². The van der Waals surface area contributed by atoms with E-state index in [9.17, 15) is 0 Å². The van der Waals surface area contributed by atoms with Crippen LogP contribution in [0.2, 0.25) is 0 Å². The first-order valence-electron chi connectivity index (χ1n) is 8.19. The fourth-order valence-corrected chi connectivity index (χ4v) is 4.00. The van der Waals surface area contributed by atoms with E-state index < -0.39 is 0 Å². The SMILES string of the molecule is COc1ccccc1CN(C)Cc1csc(-c2cc(Br)ccc2OC)n1. The lowest BCUT2D eigenvalue weighted by Gasteiger charge is -2.17. The zero-order chi connectivity index (χ0) is 18.5. The van der Waals surface area contributed by atoms with Gasteiger partial charge >= 0.3 is 0 Å². The molecule has 0 unspecified atom stereocenters. The Morgan fingerprint density at radius 2 is 1.81 bits per heavy atom. The molecule has 0 bridgehead atoms. The first-order chi connectivity index (χ1) is 12.6. The smallest absolute Gasteiger partial charge is 0.129 e. The van der Waals surface area contributed by atoms with Crippen LogP contribution in [-0.4, -0.2) is 31.2 Å². The quantitative estimate of drug-likeness (QED) is 0.512. The van der Waals surface area contributed by atoms with Crippen molar-refractivity contribution in [2.75, 3.05) is 21.3 Å². The second-order valence-corrected chi connectivity index (χ2v) is 7.75. The molecule has 3 aromatic rings. The lowest BCUT2D eigenvalue weighted by Crippen LogP contribution is -2.17. The zero-order valence-corrected chi connectivity index (χ0v) is 17.4. The Bertz CT molecular complexity index is 882. The van der Waals surface area contributed by atoms with E-state index in [0.29, 0.717) is 0 Å². The monoisotopic (exact) mass is 432 g/mol. The van der Waals surface area contributed by atoms with E-state index >= 15 is 0 Å². The molecule has 0 atom stereocenters. The normalized spacial score (nSPS) is 11.0. The maximum atomic E-state index is 5.47. The molecule has 0 radical (unpaired) electrons. The van der Waals surface area contributed by atoms with E-state index in [1.54, 1.807) is 25.6 Å². The Morgan fingerprint density at radius 3 is 2.58 bits per heavy atom. The highest BCUT2D eigenvalue weighted by molar-refractivity contribution is 9.10. The summed E-state index contributed by atoms with van der Waals surface area (Å²) in [6.45, 7) is 1.57. The zero-order valence-electron chi connectivity index (χ0n) is 15.0. The van der Waals surface area contributed by atoms with E-state index in [2.05, 4.69) is 39.3 Å². The molecule has 0 aliphatic heterocycles. The third-order valence-electron chi connectivity index (χ3n) is 4.01. The van der Waals surface area contributed by atoms with Crippen LogP contribution in [0.5, 0.6) is 11.5 Å². The Morgan fingerprint density at radius 1 is 1.04 bits per heavy atom. The highest BCUT2D eigenvalue weighted by atomic mass is 79.9. The standard InChI is InChI=1S/C20H21BrN2O2S/c1-23(11-14-6-4-5-7-18(14)24-2)12-16-13-26-20(22-16)17-10-15(21)8-9-19(17)25-3/h4-10,13H,11-12H2,1-3H3. The van der Waals surface area contributed by atoms with Gasteiger partial charge in [0.1, 0.15) is 16.5 Å². The summed E-state index contributed by atoms with van der Waals surface area (Å²) in [7, 11) is 5.48. The minimum atomic E-state index is 0.769. The van der Waals surface area contributed by atoms with Gasteiger partial charge in [-0.15, -0.1) is 11.3 Å². The molecule has 2 aromatic carbocycles. The number of aromatic nitrogens is 1. The van der Waals surface area contributed by atoms with E-state index in [1.807, 2.05) is 36.4 Å². The Hall–Kier alpha value is -1.89. The summed E-state index contributed by atoms with van der Waals surface area (Å²) in [6, 6.07) is 14.1. The van der Waals surface area contributed by atoms with Gasteiger partial charge in [-0.3, -0.25) is 4.90 Å². The first kappa shape index (κ1) is 18.9. The molecule has 0 aliphatic carbocycles. The highest BCUT2D eigenvalue weighted by Crippen LogP contribution is 2.34. The lowest BCUT2D eigenvalue weighted by atomic mass is 10.2. The molecule has 3 rings (SSSR count). The van der Waals surface area contributed by atoms with Gasteiger partial charge in [0.25, 0.3) is 0 Å². The summed E-state index contributed by atoms with van der Waals surface area (Å²) >= 11 is 5.16. The van der Waals surface area contributed by atoms with Crippen LogP contribution in [0.25, 0.3) is 10.6 Å². The van der Waals surface area contributed by atoms with Crippen LogP contribution >= 0.6 is 27.3 Å². The maximum Gasteiger partial charge on any atom is 0.129 e. The number of ether oxygens (including phenoxy) is 2. The topological polar surface area (TPSA) is 34.6 Å². The average molecular weight is 433 g/mol. The van der Waals surface area contributed by atoms with Crippen molar-refractivity contribution in [3.8, 4) is 22.1 Å². The van der Waals surface area contributed by atoms with Crippen molar-refractivity contribution in [2.24, 2.45) is 0 Å². The molecule has 136 valence electrons. The van der Waals surface area contributed by atoms with Gasteiger partial charge in [0, 0.05) is 28.5 Å². The van der Waals surface area contributed by atoms with Gasteiger partial charge in [-0.25, -0.2) is 4.98 Å². The molecule has 4 nitrogen and oxygen atoms in total. The Labute approximate surface area is 166 Å². The maximum absolute atomic E-state index is 5.47. The van der Waals surface area contributed by atoms with Crippen molar-refractivity contribution >= 4 is 27.3 Å². The number of halogens is 1. The molecule has 1 heterocycles. The predicted octanol–water partition coefficient (Wildman–Crippen LogP) is 5.22. The summed E-state index contributed by atoms with van der Waals surface area (Å²) in [6.07, 6.45) is 0. The lowest BCUT2D eigenvalue weighted by molar-refractivity contribution is 0.307. The molecule has 0 fully saturated rings. The number of benzene rings is 2. The van der Waals surface area contributed by atoms with Gasteiger partial charge in [0.2, 0.25) is 0 Å². The predicted molar refractivity (Wildman–Crippen MR) is 110 cm³/mol. The van der Waals surface area contributed by atoms with Gasteiger partial charge in [0.15, 0.2) is 0 Å². The van der Waals surface area contributed by atoms with Crippen molar-refractivity contribution in [1.29, 1.82) is 0 Å². The van der Waals surface area contributed by atoms with Gasteiger partial charge < -0.3 is 9.47 Å². The number of thiazole rings is 1. The van der Waals surface area contributed by atoms with Crippen LogP contribution in [0.15, 0.2) is 52.3 Å². The minimum Gasteiger partial charge on any atom is -0.496 e. The number of rotatable bonds is 7. The van der Waals surface area contributed by atoms with Crippen molar-refractivity contribution in [3.63, 3.8) is 0 Å². The Kier molecular flexibility index (Phi) is 6.29. The third-order valence-corrected chi connectivity index (χ3v) is 5.43. The fraction of sp³-hybridized carbons (Fsp3) is 0.250. The number of hydrogen-bond acceptors (Lipinski definition) is 5. The van der Waals surface area contributed by atoms with E-state index in [1.165, 1.54) is 5.56 Å². The summed E-state index contributed by atoms with van der Waals surface area (Å²) < 4.78 is 11.9. The number of para-hydroxylation sites is 1. The van der Waals surface area contributed by atoms with Gasteiger partial charge in [-0.2, -0.15) is 0 Å². The summed E-state index contributed by atoms with van der Waals surface area (Å²) in [5.74, 6) is 1.74. The molecule has 6 heteroatoms. The van der Waals surface area contributed by atoms with Crippen LogP contribution in [0.1, 0.15) is 11.3 Å². The Balaban J connectivity index is 1.73. The van der Waals surface area contributed by atoms with Gasteiger partial charge in [-0.1, -0.05) is 34.1 Å². The van der Waals surface area contributed by atoms with Crippen molar-refractivity contribution in [1.82, 2.24) is 9.88 Å². The molecule has 0 saturated heterocycles. The molecule has 0 amide bonds. The van der Waals surface area contributed by atoms with E-state index in [-0.39, 0.29) is 0 Å². The summed E-state index contributed by atoms with van der Waals surface area (Å²) in [5, 5.41) is 3.07. The van der Waals surface area contributed by atoms with Crippen LogP contribution in [0, 0.1) is 0 Å². The highest BCUT2D eigenvalue weighted by Gasteiger charge is 2.13. The molecule has 26 heavy (non-hydrogen) atoms. The first-order valence-corrected chi connectivity index (χ1v) is 9.86. The molecule has 0 spiro atoms. The third kappa shape index (κ3) is 4.44. The molecule has 0 N–H and O–H groups in total. The number of methoxy groups -OCH3 is 2. The average Bonchev–Trinajstić information content (AvgIpc) is 3.10. The molecule has 0 saturated carbocycles. The van der Waals surface area contributed by atoms with E-state index in [0.717, 1.165) is 45.3 Å². The second kappa shape index (κ2) is 8.66.